The van der Waals surface area contributed by atoms with E-state index < -0.39 is 23.8 Å². The van der Waals surface area contributed by atoms with Gasteiger partial charge >= 0.3 is 6.03 Å². The first kappa shape index (κ1) is 16.3. The van der Waals surface area contributed by atoms with Crippen LogP contribution in [0.5, 0.6) is 0 Å². The Labute approximate surface area is 121 Å². The summed E-state index contributed by atoms with van der Waals surface area (Å²) in [5, 5.41) is 4.81. The highest BCUT2D eigenvalue weighted by molar-refractivity contribution is 7.98. The van der Waals surface area contributed by atoms with Crippen molar-refractivity contribution >= 4 is 29.4 Å². The molecule has 0 saturated heterocycles. The zero-order valence-electron chi connectivity index (χ0n) is 11.4. The molecule has 110 valence electrons. The van der Waals surface area contributed by atoms with Gasteiger partial charge in [-0.15, -0.1) is 0 Å². The van der Waals surface area contributed by atoms with Gasteiger partial charge in [-0.2, -0.15) is 11.8 Å². The van der Waals surface area contributed by atoms with Crippen molar-refractivity contribution in [1.29, 1.82) is 0 Å². The van der Waals surface area contributed by atoms with Crippen LogP contribution in [0.2, 0.25) is 0 Å². The zero-order chi connectivity index (χ0) is 15.1. The number of aryl methyl sites for hydroxylation is 1. The second kappa shape index (κ2) is 7.74. The predicted octanol–water partition coefficient (Wildman–Crippen LogP) is 1.86. The Bertz CT molecular complexity index is 497. The van der Waals surface area contributed by atoms with Crippen molar-refractivity contribution < 1.29 is 14.0 Å². The fourth-order valence-electron chi connectivity index (χ4n) is 1.62. The van der Waals surface area contributed by atoms with E-state index in [0.717, 1.165) is 5.56 Å². The molecule has 0 aromatic heterocycles. The summed E-state index contributed by atoms with van der Waals surface area (Å²) < 4.78 is 13.7. The zero-order valence-corrected chi connectivity index (χ0v) is 12.2. The summed E-state index contributed by atoms with van der Waals surface area (Å²) in [4.78, 5) is 22.9. The first-order valence-electron chi connectivity index (χ1n) is 6.06. The molecule has 3 amide bonds. The first-order chi connectivity index (χ1) is 9.43. The van der Waals surface area contributed by atoms with Crippen molar-refractivity contribution in [2.75, 3.05) is 17.3 Å². The lowest BCUT2D eigenvalue weighted by Crippen LogP contribution is -2.46. The van der Waals surface area contributed by atoms with Gasteiger partial charge in [-0.3, -0.25) is 4.79 Å². The molecule has 0 spiro atoms. The average Bonchev–Trinajstić information content (AvgIpc) is 2.37. The Hall–Kier alpha value is -1.76. The molecule has 0 radical (unpaired) electrons. The standard InChI is InChI=1S/C13H18FN3O2S/c1-8-3-4-10(9(14)7-8)16-12(18)11(5-6-20-2)17-13(15)19/h3-4,7,11H,5-6H2,1-2H3,(H,16,18)(H3,15,17,19)/t11-/m1/s1. The van der Waals surface area contributed by atoms with E-state index in [9.17, 15) is 14.0 Å². The molecular weight excluding hydrogens is 281 g/mol. The summed E-state index contributed by atoms with van der Waals surface area (Å²) in [5.41, 5.74) is 5.88. The smallest absolute Gasteiger partial charge is 0.312 e. The topological polar surface area (TPSA) is 84.2 Å². The summed E-state index contributed by atoms with van der Waals surface area (Å²) in [5.74, 6) is -0.323. The number of carbonyl (C=O) groups is 2. The third-order valence-electron chi connectivity index (χ3n) is 2.63. The second-order valence-corrected chi connectivity index (χ2v) is 5.30. The molecule has 20 heavy (non-hydrogen) atoms. The summed E-state index contributed by atoms with van der Waals surface area (Å²) in [6.45, 7) is 1.75. The molecule has 0 fully saturated rings. The number of amides is 3. The minimum atomic E-state index is -0.782. The number of carbonyl (C=O) groups excluding carboxylic acids is 2. The summed E-state index contributed by atoms with van der Waals surface area (Å²) in [6.07, 6.45) is 2.31. The molecule has 0 unspecified atom stereocenters. The minimum Gasteiger partial charge on any atom is -0.352 e. The van der Waals surface area contributed by atoms with Crippen LogP contribution in [0.4, 0.5) is 14.9 Å². The fourth-order valence-corrected chi connectivity index (χ4v) is 2.09. The van der Waals surface area contributed by atoms with Crippen LogP contribution in [0.25, 0.3) is 0 Å². The average molecular weight is 299 g/mol. The molecule has 1 aromatic carbocycles. The molecular formula is C13H18FN3O2S. The van der Waals surface area contributed by atoms with Crippen LogP contribution in [-0.2, 0) is 4.79 Å². The quantitative estimate of drug-likeness (QED) is 0.749. The Morgan fingerprint density at radius 1 is 1.45 bits per heavy atom. The first-order valence-corrected chi connectivity index (χ1v) is 7.45. The molecule has 5 nitrogen and oxygen atoms in total. The molecule has 1 atom stereocenters. The summed E-state index contributed by atoms with van der Waals surface area (Å²) in [6, 6.07) is 2.94. The number of nitrogens with one attached hydrogen (secondary N) is 2. The SMILES string of the molecule is CSCC[C@@H](NC(N)=O)C(=O)Nc1ccc(C)cc1F. The number of halogens is 1. The van der Waals surface area contributed by atoms with Crippen molar-refractivity contribution in [2.24, 2.45) is 5.73 Å². The van der Waals surface area contributed by atoms with E-state index in [1.54, 1.807) is 13.0 Å². The molecule has 0 bridgehead atoms. The van der Waals surface area contributed by atoms with Gasteiger partial charge in [0.25, 0.3) is 0 Å². The molecule has 0 aliphatic carbocycles. The summed E-state index contributed by atoms with van der Waals surface area (Å²) >= 11 is 1.54. The van der Waals surface area contributed by atoms with Crippen LogP contribution in [0.15, 0.2) is 18.2 Å². The number of anilines is 1. The number of hydrogen-bond acceptors (Lipinski definition) is 3. The van der Waals surface area contributed by atoms with Crippen LogP contribution >= 0.6 is 11.8 Å². The number of rotatable bonds is 6. The molecule has 1 aromatic rings. The van der Waals surface area contributed by atoms with E-state index in [1.165, 1.54) is 23.9 Å². The molecule has 0 aliphatic heterocycles. The van der Waals surface area contributed by atoms with E-state index in [0.29, 0.717) is 12.2 Å². The third kappa shape index (κ3) is 5.08. The number of urea groups is 1. The highest BCUT2D eigenvalue weighted by Crippen LogP contribution is 2.16. The van der Waals surface area contributed by atoms with Gasteiger partial charge in [0.05, 0.1) is 5.69 Å². The maximum Gasteiger partial charge on any atom is 0.312 e. The van der Waals surface area contributed by atoms with Gasteiger partial charge < -0.3 is 16.4 Å². The van der Waals surface area contributed by atoms with Crippen LogP contribution in [0.1, 0.15) is 12.0 Å². The predicted molar refractivity (Wildman–Crippen MR) is 79.3 cm³/mol. The lowest BCUT2D eigenvalue weighted by Gasteiger charge is -2.17. The van der Waals surface area contributed by atoms with Crippen molar-refractivity contribution in [3.8, 4) is 0 Å². The summed E-state index contributed by atoms with van der Waals surface area (Å²) in [7, 11) is 0. The fraction of sp³-hybridized carbons (Fsp3) is 0.385. The van der Waals surface area contributed by atoms with Crippen molar-refractivity contribution in [1.82, 2.24) is 5.32 Å². The van der Waals surface area contributed by atoms with Crippen LogP contribution in [-0.4, -0.2) is 30.0 Å². The largest absolute Gasteiger partial charge is 0.352 e. The van der Waals surface area contributed by atoms with Gasteiger partial charge in [0.1, 0.15) is 11.9 Å². The van der Waals surface area contributed by atoms with Gasteiger partial charge in [0, 0.05) is 0 Å². The van der Waals surface area contributed by atoms with Gasteiger partial charge in [0.2, 0.25) is 5.91 Å². The van der Waals surface area contributed by atoms with Crippen molar-refractivity contribution in [2.45, 2.75) is 19.4 Å². The van der Waals surface area contributed by atoms with Crippen LogP contribution in [0.3, 0.4) is 0 Å². The number of nitrogens with two attached hydrogens (primary N) is 1. The van der Waals surface area contributed by atoms with Crippen molar-refractivity contribution in [3.05, 3.63) is 29.6 Å². The highest BCUT2D eigenvalue weighted by atomic mass is 32.2. The molecule has 4 N–H and O–H groups in total. The van der Waals surface area contributed by atoms with Crippen LogP contribution < -0.4 is 16.4 Å². The minimum absolute atomic E-state index is 0.0843. The molecule has 0 saturated carbocycles. The Morgan fingerprint density at radius 3 is 2.70 bits per heavy atom. The van der Waals surface area contributed by atoms with Crippen LogP contribution in [0, 0.1) is 12.7 Å². The maximum atomic E-state index is 13.7. The Balaban J connectivity index is 2.76. The second-order valence-electron chi connectivity index (χ2n) is 4.32. The van der Waals surface area contributed by atoms with E-state index >= 15 is 0 Å². The lowest BCUT2D eigenvalue weighted by atomic mass is 10.2. The Kier molecular flexibility index (Phi) is 6.30. The van der Waals surface area contributed by atoms with Gasteiger partial charge in [-0.05, 0) is 43.0 Å². The normalized spacial score (nSPS) is 11.8. The lowest BCUT2D eigenvalue weighted by molar-refractivity contribution is -0.118. The number of primary amides is 1. The molecule has 0 aliphatic rings. The van der Waals surface area contributed by atoms with Gasteiger partial charge in [0.15, 0.2) is 0 Å². The maximum absolute atomic E-state index is 13.7. The van der Waals surface area contributed by atoms with Gasteiger partial charge in [-0.1, -0.05) is 6.07 Å². The monoisotopic (exact) mass is 299 g/mol. The van der Waals surface area contributed by atoms with E-state index in [4.69, 9.17) is 5.73 Å². The van der Waals surface area contributed by atoms with E-state index in [1.807, 2.05) is 6.26 Å². The third-order valence-corrected chi connectivity index (χ3v) is 3.27. The Morgan fingerprint density at radius 2 is 2.15 bits per heavy atom. The number of benzene rings is 1. The number of hydrogen-bond donors (Lipinski definition) is 3. The molecule has 7 heteroatoms. The van der Waals surface area contributed by atoms with E-state index in [2.05, 4.69) is 10.6 Å². The molecule has 0 heterocycles. The van der Waals surface area contributed by atoms with E-state index in [-0.39, 0.29) is 5.69 Å². The van der Waals surface area contributed by atoms with Gasteiger partial charge in [-0.25, -0.2) is 9.18 Å². The molecule has 1 rings (SSSR count). The number of thioether (sulfide) groups is 1. The van der Waals surface area contributed by atoms with Crippen molar-refractivity contribution in [3.63, 3.8) is 0 Å². The highest BCUT2D eigenvalue weighted by Gasteiger charge is 2.20.